The van der Waals surface area contributed by atoms with Crippen molar-refractivity contribution in [2.75, 3.05) is 7.05 Å². The molecule has 0 amide bonds. The third-order valence-electron chi connectivity index (χ3n) is 6.04. The van der Waals surface area contributed by atoms with Gasteiger partial charge >= 0.3 is 0 Å². The van der Waals surface area contributed by atoms with E-state index < -0.39 is 0 Å². The maximum Gasteiger partial charge on any atom is 0.251 e. The number of nitrogens with zero attached hydrogens (tertiary/aromatic N) is 3. The van der Waals surface area contributed by atoms with Crippen molar-refractivity contribution in [3.05, 3.63) is 75.7 Å². The Labute approximate surface area is 199 Å². The Morgan fingerprint density at radius 3 is 2.68 bits per heavy atom. The van der Waals surface area contributed by atoms with Crippen LogP contribution < -0.4 is 10.9 Å². The summed E-state index contributed by atoms with van der Waals surface area (Å²) in [6.45, 7) is 6.54. The molecule has 0 saturated carbocycles. The van der Waals surface area contributed by atoms with Crippen molar-refractivity contribution in [1.82, 2.24) is 25.4 Å². The van der Waals surface area contributed by atoms with Gasteiger partial charge in [0.1, 0.15) is 17.2 Å². The lowest BCUT2D eigenvalue weighted by molar-refractivity contribution is 0.432. The van der Waals surface area contributed by atoms with Crippen LogP contribution in [-0.4, -0.2) is 27.2 Å². The van der Waals surface area contributed by atoms with Gasteiger partial charge in [-0.25, -0.2) is 9.37 Å². The number of pyridine rings is 1. The third kappa shape index (κ3) is 4.68. The standard InChI is InChI=1S/C26H28FN5O2.H2/c1-5-17(6-2)20-10-18(13-30-26(20)33)23-14-29-15(3)25(31-23)24-11-22(32-34-24)19-8-7-16(12-28-4)9-21(19)27;/h7-11,13-14,17,28H,5-6,12H2,1-4H3,(H,30,33);1H. The average molecular weight is 464 g/mol. The van der Waals surface area contributed by atoms with Gasteiger partial charge < -0.3 is 14.8 Å². The molecule has 4 rings (SSSR count). The number of benzene rings is 1. The first kappa shape index (κ1) is 23.5. The van der Waals surface area contributed by atoms with Crippen LogP contribution in [0.25, 0.3) is 34.0 Å². The van der Waals surface area contributed by atoms with E-state index in [1.165, 1.54) is 6.07 Å². The van der Waals surface area contributed by atoms with Crippen molar-refractivity contribution in [3.8, 4) is 34.0 Å². The quantitative estimate of drug-likeness (QED) is 0.360. The molecule has 178 valence electrons. The Balaban J connectivity index is 0.00000342. The molecule has 0 atom stereocenters. The number of nitrogens with one attached hydrogen (secondary N) is 2. The van der Waals surface area contributed by atoms with Crippen LogP contribution in [0.3, 0.4) is 0 Å². The monoisotopic (exact) mass is 463 g/mol. The molecule has 0 radical (unpaired) electrons. The lowest BCUT2D eigenvalue weighted by Crippen LogP contribution is -2.15. The Bertz CT molecular complexity index is 1360. The van der Waals surface area contributed by atoms with E-state index in [4.69, 9.17) is 9.51 Å². The fourth-order valence-electron chi connectivity index (χ4n) is 4.10. The first-order chi connectivity index (χ1) is 16.4. The molecule has 0 unspecified atom stereocenters. The molecule has 34 heavy (non-hydrogen) atoms. The van der Waals surface area contributed by atoms with Gasteiger partial charge in [0.25, 0.3) is 5.56 Å². The Hall–Kier alpha value is -3.65. The highest BCUT2D eigenvalue weighted by Gasteiger charge is 2.18. The Morgan fingerprint density at radius 2 is 1.97 bits per heavy atom. The van der Waals surface area contributed by atoms with Crippen molar-refractivity contribution in [2.45, 2.75) is 46.1 Å². The van der Waals surface area contributed by atoms with Crippen LogP contribution >= 0.6 is 0 Å². The smallest absolute Gasteiger partial charge is 0.251 e. The number of rotatable bonds is 8. The molecule has 3 aromatic heterocycles. The molecule has 0 fully saturated rings. The molecule has 4 aromatic rings. The second kappa shape index (κ2) is 10.1. The van der Waals surface area contributed by atoms with Gasteiger partial charge in [-0.15, -0.1) is 0 Å². The van der Waals surface area contributed by atoms with Crippen LogP contribution in [0.5, 0.6) is 0 Å². The van der Waals surface area contributed by atoms with Crippen LogP contribution in [0.4, 0.5) is 4.39 Å². The average Bonchev–Trinajstić information content (AvgIpc) is 3.31. The van der Waals surface area contributed by atoms with Crippen LogP contribution in [0, 0.1) is 12.7 Å². The molecule has 0 saturated heterocycles. The third-order valence-corrected chi connectivity index (χ3v) is 6.04. The first-order valence-electron chi connectivity index (χ1n) is 11.4. The van der Waals surface area contributed by atoms with E-state index in [1.54, 1.807) is 24.5 Å². The number of hydrogen-bond donors (Lipinski definition) is 2. The van der Waals surface area contributed by atoms with Gasteiger partial charge in [0.15, 0.2) is 5.76 Å². The molecule has 0 aliphatic rings. The molecular formula is C26H30FN5O2. The minimum Gasteiger partial charge on any atom is -0.354 e. The summed E-state index contributed by atoms with van der Waals surface area (Å²) in [4.78, 5) is 24.4. The van der Waals surface area contributed by atoms with Gasteiger partial charge in [0.05, 0.1) is 17.6 Å². The number of aromatic nitrogens is 4. The highest BCUT2D eigenvalue weighted by atomic mass is 19.1. The van der Waals surface area contributed by atoms with Crippen LogP contribution in [0.15, 0.2) is 52.0 Å². The molecular weight excluding hydrogens is 433 g/mol. The van der Waals surface area contributed by atoms with E-state index in [0.717, 1.165) is 29.5 Å². The van der Waals surface area contributed by atoms with Crippen molar-refractivity contribution in [1.29, 1.82) is 0 Å². The van der Waals surface area contributed by atoms with Crippen LogP contribution in [0.1, 0.15) is 50.9 Å². The zero-order valence-corrected chi connectivity index (χ0v) is 19.8. The topological polar surface area (TPSA) is 96.7 Å². The van der Waals surface area contributed by atoms with Gasteiger partial charge in [-0.2, -0.15) is 0 Å². The number of H-pyrrole nitrogens is 1. The van der Waals surface area contributed by atoms with E-state index in [-0.39, 0.29) is 18.7 Å². The molecule has 2 N–H and O–H groups in total. The molecule has 0 bridgehead atoms. The number of hydrogen-bond acceptors (Lipinski definition) is 6. The highest BCUT2D eigenvalue weighted by molar-refractivity contribution is 5.68. The molecule has 8 heteroatoms. The molecule has 0 aliphatic heterocycles. The number of aryl methyl sites for hydroxylation is 1. The van der Waals surface area contributed by atoms with Crippen LogP contribution in [-0.2, 0) is 6.54 Å². The summed E-state index contributed by atoms with van der Waals surface area (Å²) in [5, 5.41) is 7.07. The van der Waals surface area contributed by atoms with Gasteiger partial charge in [-0.1, -0.05) is 25.1 Å². The minimum absolute atomic E-state index is 0. The zero-order chi connectivity index (χ0) is 24.2. The summed E-state index contributed by atoms with van der Waals surface area (Å²) in [6.07, 6.45) is 5.06. The predicted octanol–water partition coefficient (Wildman–Crippen LogP) is 5.47. The van der Waals surface area contributed by atoms with E-state index in [0.29, 0.717) is 40.6 Å². The largest absolute Gasteiger partial charge is 0.354 e. The summed E-state index contributed by atoms with van der Waals surface area (Å²) in [5.74, 6) is 0.198. The number of aromatic amines is 1. The van der Waals surface area contributed by atoms with E-state index in [1.807, 2.05) is 26.1 Å². The van der Waals surface area contributed by atoms with Gasteiger partial charge in [0.2, 0.25) is 0 Å². The van der Waals surface area contributed by atoms with Crippen molar-refractivity contribution >= 4 is 0 Å². The maximum atomic E-state index is 14.7. The summed E-state index contributed by atoms with van der Waals surface area (Å²) in [6, 6.07) is 8.58. The second-order valence-electron chi connectivity index (χ2n) is 8.30. The van der Waals surface area contributed by atoms with E-state index in [9.17, 15) is 9.18 Å². The van der Waals surface area contributed by atoms with Gasteiger partial charge in [0, 0.05) is 36.9 Å². The summed E-state index contributed by atoms with van der Waals surface area (Å²) in [5.41, 5.74) is 4.77. The molecule has 0 spiro atoms. The lowest BCUT2D eigenvalue weighted by atomic mass is 9.94. The molecule has 3 heterocycles. The SMILES string of the molecule is CCC(CC)c1cc(-c2cnc(C)c(-c3cc(-c4ccc(CNC)cc4F)no3)n2)c[nH]c1=O.[HH]. The first-order valence-corrected chi connectivity index (χ1v) is 11.4. The fourth-order valence-corrected chi connectivity index (χ4v) is 4.10. The molecule has 7 nitrogen and oxygen atoms in total. The van der Waals surface area contributed by atoms with Crippen LogP contribution in [0.2, 0.25) is 0 Å². The van der Waals surface area contributed by atoms with Gasteiger partial charge in [-0.05, 0) is 56.5 Å². The Kier molecular flexibility index (Phi) is 6.98. The van der Waals surface area contributed by atoms with Crippen molar-refractivity contribution in [3.63, 3.8) is 0 Å². The summed E-state index contributed by atoms with van der Waals surface area (Å²) >= 11 is 0. The minimum atomic E-state index is -0.369. The lowest BCUT2D eigenvalue weighted by Gasteiger charge is -2.13. The van der Waals surface area contributed by atoms with E-state index in [2.05, 4.69) is 34.3 Å². The van der Waals surface area contributed by atoms with Crippen molar-refractivity contribution < 1.29 is 10.3 Å². The van der Waals surface area contributed by atoms with Gasteiger partial charge in [-0.3, -0.25) is 9.78 Å². The molecule has 0 aliphatic carbocycles. The summed E-state index contributed by atoms with van der Waals surface area (Å²) in [7, 11) is 1.81. The fraction of sp³-hybridized carbons (Fsp3) is 0.308. The number of halogens is 1. The normalized spacial score (nSPS) is 11.4. The van der Waals surface area contributed by atoms with E-state index >= 15 is 0 Å². The summed E-state index contributed by atoms with van der Waals surface area (Å²) < 4.78 is 20.2. The second-order valence-corrected chi connectivity index (χ2v) is 8.30. The van der Waals surface area contributed by atoms with Crippen molar-refractivity contribution in [2.24, 2.45) is 0 Å². The zero-order valence-electron chi connectivity index (χ0n) is 19.8. The predicted molar refractivity (Wildman–Crippen MR) is 132 cm³/mol. The maximum absolute atomic E-state index is 14.7. The molecule has 1 aromatic carbocycles. The highest BCUT2D eigenvalue weighted by Crippen LogP contribution is 2.30. The Morgan fingerprint density at radius 1 is 1.18 bits per heavy atom.